The number of anilines is 1. The molecule has 4 rings (SSSR count). The fourth-order valence-corrected chi connectivity index (χ4v) is 3.50. The Kier molecular flexibility index (Phi) is 5.73. The van der Waals surface area contributed by atoms with Crippen LogP contribution in [0.5, 0.6) is 5.88 Å². The van der Waals surface area contributed by atoms with Crippen LogP contribution < -0.4 is 10.1 Å². The summed E-state index contributed by atoms with van der Waals surface area (Å²) in [5.41, 5.74) is 0.690. The second-order valence-electron chi connectivity index (χ2n) is 7.27. The smallest absolute Gasteiger partial charge is 0.256 e. The molecular weight excluding hydrogens is 421 g/mol. The van der Waals surface area contributed by atoms with Crippen LogP contribution in [0.1, 0.15) is 39.0 Å². The van der Waals surface area contributed by atoms with Crippen molar-refractivity contribution >= 4 is 28.8 Å². The van der Waals surface area contributed by atoms with Gasteiger partial charge in [-0.1, -0.05) is 18.5 Å². The molecule has 1 saturated carbocycles. The van der Waals surface area contributed by atoms with Crippen molar-refractivity contribution in [3.63, 3.8) is 0 Å². The minimum atomic E-state index is -2.62. The van der Waals surface area contributed by atoms with Gasteiger partial charge in [-0.3, -0.25) is 0 Å². The number of hydrogen-bond donors (Lipinski definition) is 1. The summed E-state index contributed by atoms with van der Waals surface area (Å²) in [7, 11) is 0. The number of nitrogens with zero attached hydrogens (tertiary/aromatic N) is 3. The summed E-state index contributed by atoms with van der Waals surface area (Å²) in [6.45, 7) is 2.34. The first-order valence-corrected chi connectivity index (χ1v) is 10.1. The van der Waals surface area contributed by atoms with Gasteiger partial charge in [0, 0.05) is 18.9 Å². The maximum Gasteiger partial charge on any atom is 0.256 e. The zero-order valence-corrected chi connectivity index (χ0v) is 17.0. The summed E-state index contributed by atoms with van der Waals surface area (Å²) in [6, 6.07) is 3.68. The quantitative estimate of drug-likeness (QED) is 0.518. The Labute approximate surface area is 175 Å². The largest absolute Gasteiger partial charge is 0.476 e. The predicted molar refractivity (Wildman–Crippen MR) is 107 cm³/mol. The lowest BCUT2D eigenvalue weighted by Gasteiger charge is -2.28. The van der Waals surface area contributed by atoms with E-state index in [1.54, 1.807) is 0 Å². The average Bonchev–Trinajstić information content (AvgIpc) is 3.13. The fraction of sp³-hybridized carbons (Fsp3) is 0.450. The molecule has 0 aliphatic heterocycles. The highest BCUT2D eigenvalue weighted by Gasteiger charge is 2.35. The van der Waals surface area contributed by atoms with E-state index < -0.39 is 11.7 Å². The van der Waals surface area contributed by atoms with E-state index in [0.717, 1.165) is 6.42 Å². The van der Waals surface area contributed by atoms with Gasteiger partial charge in [-0.2, -0.15) is 9.97 Å². The molecule has 30 heavy (non-hydrogen) atoms. The van der Waals surface area contributed by atoms with Crippen LogP contribution in [0.25, 0.3) is 22.7 Å². The molecule has 0 unspecified atom stereocenters. The van der Waals surface area contributed by atoms with E-state index in [1.807, 2.05) is 6.92 Å². The van der Waals surface area contributed by atoms with E-state index in [2.05, 4.69) is 20.3 Å². The molecule has 0 radical (unpaired) electrons. The highest BCUT2D eigenvalue weighted by Crippen LogP contribution is 2.36. The molecule has 160 valence electrons. The minimum Gasteiger partial charge on any atom is -0.476 e. The molecule has 0 bridgehead atoms. The lowest BCUT2D eigenvalue weighted by Crippen LogP contribution is -2.32. The maximum atomic E-state index is 13.7. The van der Waals surface area contributed by atoms with Crippen molar-refractivity contribution in [2.75, 3.05) is 11.9 Å². The van der Waals surface area contributed by atoms with Gasteiger partial charge in [0.15, 0.2) is 5.52 Å². The first-order chi connectivity index (χ1) is 14.3. The van der Waals surface area contributed by atoms with E-state index in [9.17, 15) is 13.2 Å². The van der Waals surface area contributed by atoms with Gasteiger partial charge in [0.1, 0.15) is 5.82 Å². The van der Waals surface area contributed by atoms with Crippen molar-refractivity contribution in [3.05, 3.63) is 29.0 Å². The molecule has 1 N–H and O–H groups in total. The first kappa shape index (κ1) is 20.7. The van der Waals surface area contributed by atoms with Gasteiger partial charge in [-0.05, 0) is 37.5 Å². The van der Waals surface area contributed by atoms with Gasteiger partial charge in [0.25, 0.3) is 5.71 Å². The van der Waals surface area contributed by atoms with Crippen molar-refractivity contribution in [2.24, 2.45) is 0 Å². The zero-order valence-electron chi connectivity index (χ0n) is 16.2. The lowest BCUT2D eigenvalue weighted by molar-refractivity contribution is -0.0361. The summed E-state index contributed by atoms with van der Waals surface area (Å²) < 4.78 is 51.9. The average molecular weight is 441 g/mol. The number of rotatable bonds is 6. The van der Waals surface area contributed by atoms with Crippen LogP contribution in [-0.4, -0.2) is 33.5 Å². The van der Waals surface area contributed by atoms with Crippen LogP contribution in [0, 0.1) is 5.82 Å². The van der Waals surface area contributed by atoms with E-state index in [4.69, 9.17) is 20.8 Å². The summed E-state index contributed by atoms with van der Waals surface area (Å²) >= 11 is 6.16. The zero-order chi connectivity index (χ0) is 21.3. The Morgan fingerprint density at radius 3 is 2.73 bits per heavy atom. The van der Waals surface area contributed by atoms with E-state index in [1.165, 1.54) is 18.2 Å². The standard InChI is InChI=1S/C20H20ClF3N4O2/c1-2-9-29-17-15-18(30-16(26-15)13-10-11(22)3-4-14(13)21)28-19(27-17)25-12-5-7-20(23,24)8-6-12/h3-4,10,12H,2,5-9H2,1H3,(H,25,27,28). The third-order valence-corrected chi connectivity index (χ3v) is 5.21. The Balaban J connectivity index is 1.68. The lowest BCUT2D eigenvalue weighted by atomic mass is 9.92. The van der Waals surface area contributed by atoms with Gasteiger partial charge in [-0.25, -0.2) is 18.2 Å². The van der Waals surface area contributed by atoms with Gasteiger partial charge in [0.05, 0.1) is 17.2 Å². The molecule has 1 aromatic carbocycles. The number of halogens is 4. The molecule has 1 fully saturated rings. The molecule has 2 aromatic heterocycles. The highest BCUT2D eigenvalue weighted by molar-refractivity contribution is 6.33. The number of aromatic nitrogens is 3. The van der Waals surface area contributed by atoms with Crippen LogP contribution in [0.15, 0.2) is 22.6 Å². The van der Waals surface area contributed by atoms with Crippen LogP contribution in [0.4, 0.5) is 19.1 Å². The molecule has 6 nitrogen and oxygen atoms in total. The number of oxazole rings is 1. The summed E-state index contributed by atoms with van der Waals surface area (Å²) in [4.78, 5) is 13.0. The third kappa shape index (κ3) is 4.45. The molecule has 1 aliphatic carbocycles. The Hall–Kier alpha value is -2.55. The van der Waals surface area contributed by atoms with E-state index in [0.29, 0.717) is 19.4 Å². The number of alkyl halides is 2. The van der Waals surface area contributed by atoms with Crippen molar-refractivity contribution < 1.29 is 22.3 Å². The first-order valence-electron chi connectivity index (χ1n) is 9.76. The molecular formula is C20H20ClF3N4O2. The van der Waals surface area contributed by atoms with Gasteiger partial charge in [-0.15, -0.1) is 0 Å². The number of ether oxygens (including phenoxy) is 1. The molecule has 10 heteroatoms. The number of benzene rings is 1. The highest BCUT2D eigenvalue weighted by atomic mass is 35.5. The van der Waals surface area contributed by atoms with E-state index >= 15 is 0 Å². The summed E-state index contributed by atoms with van der Waals surface area (Å²) in [6.07, 6.45) is 0.986. The molecule has 0 amide bonds. The fourth-order valence-electron chi connectivity index (χ4n) is 3.31. The topological polar surface area (TPSA) is 73.1 Å². The van der Waals surface area contributed by atoms with Crippen molar-refractivity contribution in [3.8, 4) is 17.3 Å². The van der Waals surface area contributed by atoms with Crippen LogP contribution in [-0.2, 0) is 0 Å². The Morgan fingerprint density at radius 2 is 2.00 bits per heavy atom. The number of hydrogen-bond acceptors (Lipinski definition) is 6. The normalized spacial score (nSPS) is 16.7. The van der Waals surface area contributed by atoms with Gasteiger partial charge < -0.3 is 14.5 Å². The number of fused-ring (bicyclic) bond motifs is 1. The molecule has 1 aliphatic rings. The third-order valence-electron chi connectivity index (χ3n) is 4.88. The monoisotopic (exact) mass is 440 g/mol. The van der Waals surface area contributed by atoms with Gasteiger partial charge in [0.2, 0.25) is 23.6 Å². The molecule has 3 aromatic rings. The van der Waals surface area contributed by atoms with Gasteiger partial charge >= 0.3 is 0 Å². The SMILES string of the molecule is CCCOc1nc(NC2CCC(F)(F)CC2)nc2oc(-c3cc(F)ccc3Cl)nc12. The van der Waals surface area contributed by atoms with Crippen LogP contribution in [0.3, 0.4) is 0 Å². The minimum absolute atomic E-state index is 0.0830. The number of nitrogens with one attached hydrogen (secondary N) is 1. The van der Waals surface area contributed by atoms with Crippen LogP contribution in [0.2, 0.25) is 5.02 Å². The molecule has 0 atom stereocenters. The molecule has 2 heterocycles. The summed E-state index contributed by atoms with van der Waals surface area (Å²) in [5.74, 6) is -2.62. The van der Waals surface area contributed by atoms with Crippen LogP contribution >= 0.6 is 11.6 Å². The van der Waals surface area contributed by atoms with Crippen molar-refractivity contribution in [1.29, 1.82) is 0 Å². The molecule has 0 saturated heterocycles. The van der Waals surface area contributed by atoms with Crippen molar-refractivity contribution in [2.45, 2.75) is 51.0 Å². The Bertz CT molecular complexity index is 1050. The maximum absolute atomic E-state index is 13.7. The summed E-state index contributed by atoms with van der Waals surface area (Å²) in [5, 5.41) is 3.36. The molecule has 0 spiro atoms. The predicted octanol–water partition coefficient (Wildman–Crippen LogP) is 5.86. The Morgan fingerprint density at radius 1 is 1.23 bits per heavy atom. The van der Waals surface area contributed by atoms with Crippen molar-refractivity contribution in [1.82, 2.24) is 15.0 Å². The second kappa shape index (κ2) is 8.29. The van der Waals surface area contributed by atoms with E-state index in [-0.39, 0.29) is 58.4 Å². The second-order valence-corrected chi connectivity index (χ2v) is 7.68.